The smallest absolute Gasteiger partial charge is 0.269 e. The van der Waals surface area contributed by atoms with Crippen molar-refractivity contribution in [3.63, 3.8) is 0 Å². The van der Waals surface area contributed by atoms with Crippen molar-refractivity contribution in [3.8, 4) is 11.4 Å². The number of aromatic nitrogens is 5. The molecule has 3 heterocycles. The van der Waals surface area contributed by atoms with E-state index in [4.69, 9.17) is 11.5 Å². The number of carbonyl (C=O) groups is 1. The van der Waals surface area contributed by atoms with E-state index in [0.29, 0.717) is 29.4 Å². The fourth-order valence-corrected chi connectivity index (χ4v) is 4.44. The van der Waals surface area contributed by atoms with Crippen LogP contribution in [0.5, 0.6) is 0 Å². The van der Waals surface area contributed by atoms with Crippen LogP contribution in [0.3, 0.4) is 0 Å². The molecule has 1 amide bonds. The lowest BCUT2D eigenvalue weighted by atomic mass is 9.91. The van der Waals surface area contributed by atoms with Crippen molar-refractivity contribution in [3.05, 3.63) is 78.2 Å². The summed E-state index contributed by atoms with van der Waals surface area (Å²) in [5.41, 5.74) is 15.7. The second-order valence-corrected chi connectivity index (χ2v) is 9.00. The summed E-state index contributed by atoms with van der Waals surface area (Å²) in [6, 6.07) is 17.6. The van der Waals surface area contributed by atoms with Crippen molar-refractivity contribution in [1.82, 2.24) is 25.0 Å². The maximum Gasteiger partial charge on any atom is 0.269 e. The second kappa shape index (κ2) is 10.5. The van der Waals surface area contributed by atoms with Crippen LogP contribution in [0.15, 0.2) is 67.0 Å². The third kappa shape index (κ3) is 5.49. The Morgan fingerprint density at radius 2 is 1.89 bits per heavy atom. The van der Waals surface area contributed by atoms with Crippen LogP contribution in [0.25, 0.3) is 11.4 Å². The number of hydrogen-bond donors (Lipinski definition) is 4. The van der Waals surface area contributed by atoms with Gasteiger partial charge in [-0.3, -0.25) is 4.79 Å². The number of rotatable bonds is 8. The summed E-state index contributed by atoms with van der Waals surface area (Å²) in [7, 11) is 0. The van der Waals surface area contributed by atoms with Crippen molar-refractivity contribution < 1.29 is 4.79 Å². The highest BCUT2D eigenvalue weighted by molar-refractivity contribution is 5.97. The Hall–Kier alpha value is -4.31. The summed E-state index contributed by atoms with van der Waals surface area (Å²) < 4.78 is 1.77. The Kier molecular flexibility index (Phi) is 6.85. The fraction of sp³-hybridized carbons (Fsp3) is 0.269. The molecule has 4 aromatic rings. The third-order valence-electron chi connectivity index (χ3n) is 6.29. The van der Waals surface area contributed by atoms with Gasteiger partial charge >= 0.3 is 0 Å². The summed E-state index contributed by atoms with van der Waals surface area (Å²) >= 11 is 0. The summed E-state index contributed by atoms with van der Waals surface area (Å²) in [6.45, 7) is 0.615. The first kappa shape index (κ1) is 23.4. The van der Waals surface area contributed by atoms with E-state index in [1.165, 1.54) is 0 Å². The van der Waals surface area contributed by atoms with Gasteiger partial charge in [0.05, 0.1) is 36.0 Å². The maximum atomic E-state index is 12.0. The monoisotopic (exact) mass is 483 g/mol. The molecule has 1 aliphatic carbocycles. The predicted octanol–water partition coefficient (Wildman–Crippen LogP) is 3.31. The summed E-state index contributed by atoms with van der Waals surface area (Å²) in [5.74, 6) is -0.0978. The highest BCUT2D eigenvalue weighted by atomic mass is 16.1. The van der Waals surface area contributed by atoms with E-state index < -0.39 is 5.91 Å². The van der Waals surface area contributed by atoms with Gasteiger partial charge in [0.1, 0.15) is 11.5 Å². The lowest BCUT2D eigenvalue weighted by molar-refractivity contribution is 0.0996. The Morgan fingerprint density at radius 3 is 2.69 bits per heavy atom. The number of nitrogens with two attached hydrogens (primary N) is 2. The van der Waals surface area contributed by atoms with E-state index in [9.17, 15) is 4.79 Å². The number of nitrogens with one attached hydrogen (secondary N) is 2. The predicted molar refractivity (Wildman–Crippen MR) is 139 cm³/mol. The third-order valence-corrected chi connectivity index (χ3v) is 6.29. The average molecular weight is 484 g/mol. The van der Waals surface area contributed by atoms with Crippen LogP contribution in [0.1, 0.15) is 41.7 Å². The van der Waals surface area contributed by atoms with Gasteiger partial charge in [-0.05, 0) is 36.6 Å². The first-order valence-electron chi connectivity index (χ1n) is 12.1. The Balaban J connectivity index is 1.35. The number of nitrogens with zero attached hydrogens (tertiary/aromatic N) is 5. The lowest BCUT2D eigenvalue weighted by Crippen LogP contribution is -2.42. The second-order valence-electron chi connectivity index (χ2n) is 9.00. The number of amides is 1. The Morgan fingerprint density at radius 1 is 1.06 bits per heavy atom. The topological polar surface area (TPSA) is 150 Å². The minimum atomic E-state index is -0.626. The van der Waals surface area contributed by atoms with Gasteiger partial charge in [0, 0.05) is 12.1 Å². The van der Waals surface area contributed by atoms with Crippen molar-refractivity contribution in [2.75, 3.05) is 10.6 Å². The molecule has 10 nitrogen and oxygen atoms in total. The molecule has 36 heavy (non-hydrogen) atoms. The molecule has 1 fully saturated rings. The molecule has 1 aromatic carbocycles. The number of primary amides is 1. The Bertz CT molecular complexity index is 1340. The largest absolute Gasteiger partial charge is 0.379 e. The van der Waals surface area contributed by atoms with Gasteiger partial charge in [0.15, 0.2) is 5.69 Å². The van der Waals surface area contributed by atoms with Gasteiger partial charge in [-0.1, -0.05) is 54.5 Å². The number of carbonyl (C=O) groups excluding carboxylic acids is 1. The van der Waals surface area contributed by atoms with Gasteiger partial charge in [-0.15, -0.1) is 5.10 Å². The number of hydrogen-bond acceptors (Lipinski definition) is 8. The van der Waals surface area contributed by atoms with Crippen LogP contribution in [0.4, 0.5) is 17.2 Å². The summed E-state index contributed by atoms with van der Waals surface area (Å²) in [4.78, 5) is 21.0. The number of pyridine rings is 2. The summed E-state index contributed by atoms with van der Waals surface area (Å²) in [5, 5.41) is 15.2. The molecule has 6 N–H and O–H groups in total. The molecule has 5 rings (SSSR count). The van der Waals surface area contributed by atoms with Gasteiger partial charge in [-0.2, -0.15) is 0 Å². The molecule has 0 radical (unpaired) electrons. The van der Waals surface area contributed by atoms with E-state index in [0.717, 1.165) is 36.9 Å². The first-order valence-corrected chi connectivity index (χ1v) is 12.1. The molecule has 0 unspecified atom stereocenters. The molecule has 1 aliphatic rings. The standard InChI is InChI=1S/C26H29N9O/c27-19-9-4-5-10-20(19)30-18-13-22(25(26(28)36)29-14-18)32-24-12-6-11-21(31-24)23-16-35(34-33-23)15-17-7-2-1-3-8-17/h1-3,6-8,11-14,16,19-20,30H,4-5,9-10,15,27H2,(H2,28,36)(H,31,32)/t19-,20+/m0/s1. The zero-order chi connectivity index (χ0) is 24.9. The highest BCUT2D eigenvalue weighted by Crippen LogP contribution is 2.26. The van der Waals surface area contributed by atoms with Crippen LogP contribution < -0.4 is 22.1 Å². The molecule has 0 aliphatic heterocycles. The minimum absolute atomic E-state index is 0.0830. The average Bonchev–Trinajstić information content (AvgIpc) is 3.35. The molecule has 10 heteroatoms. The van der Waals surface area contributed by atoms with E-state index >= 15 is 0 Å². The molecule has 2 atom stereocenters. The van der Waals surface area contributed by atoms with E-state index in [-0.39, 0.29) is 17.8 Å². The lowest BCUT2D eigenvalue weighted by Gasteiger charge is -2.30. The van der Waals surface area contributed by atoms with Gasteiger partial charge in [-0.25, -0.2) is 14.6 Å². The molecule has 0 spiro atoms. The van der Waals surface area contributed by atoms with E-state index in [1.807, 2.05) is 54.7 Å². The zero-order valence-electron chi connectivity index (χ0n) is 19.8. The Labute approximate surface area is 209 Å². The van der Waals surface area contributed by atoms with E-state index in [1.54, 1.807) is 16.9 Å². The van der Waals surface area contributed by atoms with E-state index in [2.05, 4.69) is 30.9 Å². The van der Waals surface area contributed by atoms with Gasteiger partial charge in [0.2, 0.25) is 0 Å². The molecule has 3 aromatic heterocycles. The van der Waals surface area contributed by atoms with Crippen molar-refractivity contribution in [1.29, 1.82) is 0 Å². The van der Waals surface area contributed by atoms with Gasteiger partial charge in [0.25, 0.3) is 5.91 Å². The molecule has 0 bridgehead atoms. The maximum absolute atomic E-state index is 12.0. The van der Waals surface area contributed by atoms with Crippen molar-refractivity contribution in [2.24, 2.45) is 11.5 Å². The highest BCUT2D eigenvalue weighted by Gasteiger charge is 2.22. The molecular formula is C26H29N9O. The van der Waals surface area contributed by atoms with Gasteiger partial charge < -0.3 is 22.1 Å². The van der Waals surface area contributed by atoms with Crippen LogP contribution in [-0.2, 0) is 6.54 Å². The zero-order valence-corrected chi connectivity index (χ0v) is 19.8. The minimum Gasteiger partial charge on any atom is -0.379 e. The van der Waals surface area contributed by atoms with Crippen molar-refractivity contribution in [2.45, 2.75) is 44.3 Å². The fourth-order valence-electron chi connectivity index (χ4n) is 4.44. The quantitative estimate of drug-likeness (QED) is 0.298. The molecule has 0 saturated heterocycles. The normalized spacial score (nSPS) is 17.5. The first-order chi connectivity index (χ1) is 17.5. The number of benzene rings is 1. The molecule has 1 saturated carbocycles. The van der Waals surface area contributed by atoms with Crippen LogP contribution in [0.2, 0.25) is 0 Å². The van der Waals surface area contributed by atoms with Crippen LogP contribution in [-0.4, -0.2) is 43.0 Å². The van der Waals surface area contributed by atoms with Crippen LogP contribution >= 0.6 is 0 Å². The number of anilines is 3. The SMILES string of the molecule is NC(=O)c1ncc(N[C@@H]2CCCC[C@@H]2N)cc1Nc1cccc(-c2cn(Cc3ccccc3)nn2)n1. The van der Waals surface area contributed by atoms with Crippen molar-refractivity contribution >= 4 is 23.1 Å². The molecule has 184 valence electrons. The van der Waals surface area contributed by atoms with Crippen LogP contribution in [0, 0.1) is 0 Å². The summed E-state index contributed by atoms with van der Waals surface area (Å²) in [6.07, 6.45) is 7.73. The molecular weight excluding hydrogens is 454 g/mol.